The highest BCUT2D eigenvalue weighted by atomic mass is 16.6. The van der Waals surface area contributed by atoms with Gasteiger partial charge in [0, 0.05) is 25.8 Å². The van der Waals surface area contributed by atoms with Crippen LogP contribution < -0.4 is 15.2 Å². The minimum absolute atomic E-state index is 0.0935. The number of nitrogens with zero attached hydrogens (tertiary/aromatic N) is 5. The van der Waals surface area contributed by atoms with Crippen LogP contribution in [0.4, 0.5) is 0 Å². The van der Waals surface area contributed by atoms with Crippen LogP contribution in [-0.2, 0) is 34.1 Å². The van der Waals surface area contributed by atoms with E-state index >= 15 is 0 Å². The zero-order chi connectivity index (χ0) is 36.7. The van der Waals surface area contributed by atoms with Crippen LogP contribution in [0.25, 0.3) is 5.82 Å². The second-order valence-electron chi connectivity index (χ2n) is 12.1. The van der Waals surface area contributed by atoms with Crippen molar-refractivity contribution in [1.82, 2.24) is 24.3 Å². The maximum absolute atomic E-state index is 13.6. The molecule has 0 spiro atoms. The largest absolute Gasteiger partial charge is 0.497 e. The number of carbonyl (C=O) groups is 1. The summed E-state index contributed by atoms with van der Waals surface area (Å²) in [4.78, 5) is 34.5. The third-order valence-corrected chi connectivity index (χ3v) is 8.84. The van der Waals surface area contributed by atoms with Gasteiger partial charge in [0.05, 0.1) is 34.0 Å². The molecule has 6 rings (SSSR count). The molecule has 14 heteroatoms. The van der Waals surface area contributed by atoms with Crippen LogP contribution in [0.15, 0.2) is 103 Å². The lowest BCUT2D eigenvalue weighted by atomic mass is 9.80. The number of aromatic nitrogens is 5. The quantitative estimate of drug-likeness (QED) is 0.0878. The Morgan fingerprint density at radius 2 is 1.50 bits per heavy atom. The molecule has 0 bridgehead atoms. The van der Waals surface area contributed by atoms with Crippen molar-refractivity contribution >= 4 is 5.97 Å². The number of benzene rings is 3. The van der Waals surface area contributed by atoms with Gasteiger partial charge in [-0.2, -0.15) is 10.1 Å². The van der Waals surface area contributed by atoms with Crippen molar-refractivity contribution in [3.63, 3.8) is 0 Å². The highest BCUT2D eigenvalue weighted by molar-refractivity contribution is 5.66. The van der Waals surface area contributed by atoms with Gasteiger partial charge in [-0.3, -0.25) is 9.36 Å². The number of methoxy groups -OCH3 is 3. The Labute approximate surface area is 300 Å². The lowest BCUT2D eigenvalue weighted by molar-refractivity contribution is -0.158. The average Bonchev–Trinajstić information content (AvgIpc) is 3.82. The minimum atomic E-state index is -1.19. The van der Waals surface area contributed by atoms with Crippen molar-refractivity contribution in [2.45, 2.75) is 44.0 Å². The SMILES string of the molecule is COCCO[C@H]1[C@H](OC(C)=O)[C@@H](COC(c2ccccc2)(c2ccc(OC)cc2)c2ccc(OC)cc2)O[C@@H]1n1cc(C)c(-n2cncn2)nc1=O. The normalized spacial score (nSPS) is 18.6. The maximum Gasteiger partial charge on any atom is 0.351 e. The molecule has 2 aromatic heterocycles. The zero-order valence-corrected chi connectivity index (χ0v) is 29.6. The highest BCUT2D eigenvalue weighted by Crippen LogP contribution is 2.43. The average molecular weight is 712 g/mol. The first-order valence-electron chi connectivity index (χ1n) is 16.7. The molecule has 0 aliphatic carbocycles. The molecular formula is C38H41N5O9. The predicted molar refractivity (Wildman–Crippen MR) is 187 cm³/mol. The van der Waals surface area contributed by atoms with Crippen molar-refractivity contribution in [2.24, 2.45) is 0 Å². The van der Waals surface area contributed by atoms with E-state index in [1.165, 1.54) is 28.8 Å². The molecule has 0 saturated carbocycles. The van der Waals surface area contributed by atoms with Crippen molar-refractivity contribution in [1.29, 1.82) is 0 Å². The molecule has 1 aliphatic rings. The molecular weight excluding hydrogens is 670 g/mol. The molecule has 0 amide bonds. The van der Waals surface area contributed by atoms with Crippen molar-refractivity contribution in [3.05, 3.63) is 130 Å². The van der Waals surface area contributed by atoms with Crippen molar-refractivity contribution < 1.29 is 38.0 Å². The van der Waals surface area contributed by atoms with Gasteiger partial charge in [-0.05, 0) is 47.9 Å². The topological polar surface area (TPSA) is 147 Å². The van der Waals surface area contributed by atoms with Gasteiger partial charge in [0.1, 0.15) is 42.0 Å². The highest BCUT2D eigenvalue weighted by Gasteiger charge is 2.51. The van der Waals surface area contributed by atoms with Gasteiger partial charge < -0.3 is 33.2 Å². The molecule has 3 aromatic carbocycles. The van der Waals surface area contributed by atoms with E-state index in [-0.39, 0.29) is 19.8 Å². The first-order chi connectivity index (χ1) is 25.3. The van der Waals surface area contributed by atoms with Crippen LogP contribution in [0.2, 0.25) is 0 Å². The van der Waals surface area contributed by atoms with E-state index in [1.54, 1.807) is 34.4 Å². The van der Waals surface area contributed by atoms with Gasteiger partial charge in [0.2, 0.25) is 0 Å². The Morgan fingerprint density at radius 1 is 0.865 bits per heavy atom. The molecule has 0 radical (unpaired) electrons. The van der Waals surface area contributed by atoms with E-state index in [9.17, 15) is 9.59 Å². The van der Waals surface area contributed by atoms with Gasteiger partial charge in [-0.25, -0.2) is 14.5 Å². The summed E-state index contributed by atoms with van der Waals surface area (Å²) in [6, 6.07) is 25.0. The third-order valence-electron chi connectivity index (χ3n) is 8.84. The lowest BCUT2D eigenvalue weighted by Crippen LogP contribution is -2.43. The molecule has 272 valence electrons. The number of hydrogen-bond donors (Lipinski definition) is 0. The fraction of sp³-hybridized carbons (Fsp3) is 0.342. The summed E-state index contributed by atoms with van der Waals surface area (Å²) < 4.78 is 44.9. The fourth-order valence-electron chi connectivity index (χ4n) is 6.42. The summed E-state index contributed by atoms with van der Waals surface area (Å²) in [6.07, 6.45) is 0.555. The van der Waals surface area contributed by atoms with E-state index in [4.69, 9.17) is 33.2 Å². The first-order valence-corrected chi connectivity index (χ1v) is 16.7. The summed E-state index contributed by atoms with van der Waals surface area (Å²) in [5.41, 5.74) is 1.24. The summed E-state index contributed by atoms with van der Waals surface area (Å²) in [5.74, 6) is 1.12. The smallest absolute Gasteiger partial charge is 0.351 e. The molecule has 14 nitrogen and oxygen atoms in total. The predicted octanol–water partition coefficient (Wildman–Crippen LogP) is 4.02. The minimum Gasteiger partial charge on any atom is -0.497 e. The van der Waals surface area contributed by atoms with Gasteiger partial charge in [0.15, 0.2) is 18.1 Å². The standard InChI is InChI=1S/C38H41N5O9/c1-25-21-42(37(45)41-35(25)43-24-39-23-40-43)36-34(49-20-19-46-3)33(51-26(2)44)32(52-36)22-50-38(27-9-7-6-8-10-27,28-11-15-30(47-4)16-12-28)29-13-17-31(48-5)18-14-29/h6-18,21,23-24,32-34,36H,19-20,22H2,1-5H3/t32-,33-,34+,36+/m1/s1. The van der Waals surface area contributed by atoms with Crippen LogP contribution >= 0.6 is 0 Å². The van der Waals surface area contributed by atoms with Crippen LogP contribution in [-0.4, -0.2) is 89.7 Å². The van der Waals surface area contributed by atoms with E-state index in [0.717, 1.165) is 16.7 Å². The second-order valence-corrected chi connectivity index (χ2v) is 12.1. The van der Waals surface area contributed by atoms with Gasteiger partial charge in [-0.1, -0.05) is 54.6 Å². The third kappa shape index (κ3) is 7.46. The zero-order valence-electron chi connectivity index (χ0n) is 29.6. The Hall–Kier alpha value is -5.41. The lowest BCUT2D eigenvalue weighted by Gasteiger charge is -2.37. The summed E-state index contributed by atoms with van der Waals surface area (Å²) in [6.45, 7) is 3.39. The fourth-order valence-corrected chi connectivity index (χ4v) is 6.42. The molecule has 52 heavy (non-hydrogen) atoms. The molecule has 5 aromatic rings. The van der Waals surface area contributed by atoms with Gasteiger partial charge in [-0.15, -0.1) is 0 Å². The molecule has 3 heterocycles. The molecule has 1 fully saturated rings. The summed E-state index contributed by atoms with van der Waals surface area (Å²) >= 11 is 0. The summed E-state index contributed by atoms with van der Waals surface area (Å²) in [5, 5.41) is 4.12. The van der Waals surface area contributed by atoms with Crippen LogP contribution in [0.1, 0.15) is 35.4 Å². The number of hydrogen-bond acceptors (Lipinski definition) is 12. The maximum atomic E-state index is 13.6. The number of aryl methyl sites for hydroxylation is 1. The van der Waals surface area contributed by atoms with E-state index in [0.29, 0.717) is 22.9 Å². The van der Waals surface area contributed by atoms with Crippen LogP contribution in [0, 0.1) is 6.92 Å². The Balaban J connectivity index is 1.44. The van der Waals surface area contributed by atoms with E-state index in [2.05, 4.69) is 15.1 Å². The Kier molecular flexibility index (Phi) is 11.4. The van der Waals surface area contributed by atoms with Crippen molar-refractivity contribution in [3.8, 4) is 17.3 Å². The van der Waals surface area contributed by atoms with Crippen LogP contribution in [0.3, 0.4) is 0 Å². The molecule has 1 aliphatic heterocycles. The number of ether oxygens (including phenoxy) is 7. The molecule has 4 atom stereocenters. The number of esters is 1. The molecule has 0 unspecified atom stereocenters. The number of rotatable bonds is 15. The first kappa shape index (κ1) is 36.4. The van der Waals surface area contributed by atoms with Gasteiger partial charge >= 0.3 is 11.7 Å². The molecule has 0 N–H and O–H groups in total. The second kappa shape index (κ2) is 16.3. The molecule has 1 saturated heterocycles. The van der Waals surface area contributed by atoms with Gasteiger partial charge in [0.25, 0.3) is 0 Å². The van der Waals surface area contributed by atoms with E-state index in [1.807, 2.05) is 78.9 Å². The Morgan fingerprint density at radius 3 is 2.06 bits per heavy atom. The Bertz CT molecular complexity index is 1920. The number of carbonyl (C=O) groups excluding carboxylic acids is 1. The van der Waals surface area contributed by atoms with Crippen molar-refractivity contribution in [2.75, 3.05) is 41.2 Å². The summed E-state index contributed by atoms with van der Waals surface area (Å²) in [7, 11) is 4.77. The van der Waals surface area contributed by atoms with Crippen LogP contribution in [0.5, 0.6) is 11.5 Å². The van der Waals surface area contributed by atoms with E-state index < -0.39 is 41.8 Å². The monoisotopic (exact) mass is 711 g/mol.